The van der Waals surface area contributed by atoms with E-state index >= 15 is 0 Å². The van der Waals surface area contributed by atoms with E-state index in [9.17, 15) is 0 Å². The predicted molar refractivity (Wildman–Crippen MR) is 212 cm³/mol. The van der Waals surface area contributed by atoms with Crippen LogP contribution in [-0.2, 0) is 31.9 Å². The van der Waals surface area contributed by atoms with Crippen molar-refractivity contribution >= 4 is 42.5 Å². The topological polar surface area (TPSA) is 47.9 Å². The number of pyridine rings is 1. The second-order valence-corrected chi connectivity index (χ2v) is 23.6. The van der Waals surface area contributed by atoms with Crippen molar-refractivity contribution in [1.82, 2.24) is 15.0 Å². The molecule has 0 aliphatic heterocycles. The summed E-state index contributed by atoms with van der Waals surface area (Å²) in [5, 5.41) is 0.995. The fraction of sp³-hybridized carbons (Fsp3) is 0.196. The monoisotopic (exact) mass is 1060 g/mol. The maximum absolute atomic E-state index is 6.76. The zero-order valence-corrected chi connectivity index (χ0v) is 36.4. The molecule has 0 aliphatic rings. The number of hydrogen-bond acceptors (Lipinski definition) is 4. The van der Waals surface area contributed by atoms with Crippen LogP contribution in [0, 0.1) is 19.1 Å². The molecular weight excluding hydrogens is 1010 g/mol. The van der Waals surface area contributed by atoms with Gasteiger partial charge in [0.05, 0.1) is 5.52 Å². The van der Waals surface area contributed by atoms with Crippen LogP contribution in [0.1, 0.15) is 58.2 Å². The van der Waals surface area contributed by atoms with E-state index in [0.29, 0.717) is 11.5 Å². The molecule has 0 N–H and O–H groups in total. The summed E-state index contributed by atoms with van der Waals surface area (Å²) in [6.45, 7) is 15.4. The molecule has 6 heteroatoms. The van der Waals surface area contributed by atoms with Crippen LogP contribution in [-0.4, -0.2) is 36.7 Å². The van der Waals surface area contributed by atoms with Crippen molar-refractivity contribution in [2.75, 3.05) is 0 Å². The number of ether oxygens (including phenoxy) is 1. The molecule has 2 aromatic heterocycles. The van der Waals surface area contributed by atoms with Crippen LogP contribution in [0.3, 0.4) is 0 Å². The summed E-state index contributed by atoms with van der Waals surface area (Å²) in [6.07, 6.45) is 3.60. The smallest absolute Gasteiger partial charge is 0.238 e. The van der Waals surface area contributed by atoms with Crippen molar-refractivity contribution in [2.24, 2.45) is 0 Å². The molecule has 5 aromatic carbocycles. The van der Waals surface area contributed by atoms with Gasteiger partial charge in [-0.2, -0.15) is 0 Å². The van der Waals surface area contributed by atoms with Gasteiger partial charge in [-0.25, -0.2) is 4.98 Å². The third-order valence-corrected chi connectivity index (χ3v) is 18.5. The maximum atomic E-state index is 6.76. The average Bonchev–Trinajstić information content (AvgIpc) is 3.12. The van der Waals surface area contributed by atoms with Gasteiger partial charge >= 0.3 is 286 Å². The molecule has 0 saturated heterocycles. The normalized spacial score (nSPS) is 11.8. The Morgan fingerprint density at radius 3 is 1.75 bits per heavy atom. The van der Waals surface area contributed by atoms with Gasteiger partial charge in [0.25, 0.3) is 0 Å². The van der Waals surface area contributed by atoms with E-state index in [2.05, 4.69) is 181 Å². The van der Waals surface area contributed by atoms with E-state index in [1.807, 2.05) is 6.20 Å². The molecule has 7 aromatic rings. The third-order valence-electron chi connectivity index (χ3n) is 9.07. The third kappa shape index (κ3) is 8.28. The quantitative estimate of drug-likeness (QED) is 0.118. The van der Waals surface area contributed by atoms with Gasteiger partial charge in [-0.1, -0.05) is 18.2 Å². The van der Waals surface area contributed by atoms with Crippen LogP contribution in [0.5, 0.6) is 11.5 Å². The van der Waals surface area contributed by atoms with E-state index in [0.717, 1.165) is 50.1 Å². The molecule has 52 heavy (non-hydrogen) atoms. The second-order valence-electron chi connectivity index (χ2n) is 15.0. The van der Waals surface area contributed by atoms with Crippen molar-refractivity contribution < 1.29 is 25.8 Å². The van der Waals surface area contributed by atoms with E-state index < -0.39 is 21.8 Å². The molecule has 262 valence electrons. The Hall–Kier alpha value is -4.04. The molecule has 0 aliphatic carbocycles. The molecule has 4 nitrogen and oxygen atoms in total. The van der Waals surface area contributed by atoms with Crippen molar-refractivity contribution in [2.45, 2.75) is 59.3 Å². The molecule has 0 amide bonds. The Morgan fingerprint density at radius 1 is 0.577 bits per heavy atom. The fourth-order valence-corrected chi connectivity index (χ4v) is 15.2. The van der Waals surface area contributed by atoms with Gasteiger partial charge < -0.3 is 0 Å². The molecule has 0 radical (unpaired) electrons. The van der Waals surface area contributed by atoms with Crippen molar-refractivity contribution in [1.29, 1.82) is 0 Å². The Morgan fingerprint density at radius 2 is 1.15 bits per heavy atom. The van der Waals surface area contributed by atoms with Crippen LogP contribution >= 0.6 is 0 Å². The Labute approximate surface area is 330 Å². The Bertz CT molecular complexity index is 2290. The Balaban J connectivity index is 0.00000464. The summed E-state index contributed by atoms with van der Waals surface area (Å²) >= 11 is -2.60. The van der Waals surface area contributed by atoms with Gasteiger partial charge in [0.1, 0.15) is 6.33 Å². The average molecular weight is 1060 g/mol. The number of fused-ring (bicyclic) bond motifs is 1. The summed E-state index contributed by atoms with van der Waals surface area (Å²) < 4.78 is 11.0. The van der Waals surface area contributed by atoms with Crippen LogP contribution in [0.4, 0.5) is 0 Å². The minimum atomic E-state index is -2.60. The van der Waals surface area contributed by atoms with Crippen LogP contribution in [0.2, 0.25) is 0 Å². The second kappa shape index (κ2) is 15.5. The van der Waals surface area contributed by atoms with Gasteiger partial charge in [-0.3, -0.25) is 0 Å². The minimum absolute atomic E-state index is 0. The summed E-state index contributed by atoms with van der Waals surface area (Å²) in [5.41, 5.74) is 7.59. The van der Waals surface area contributed by atoms with Crippen LogP contribution < -0.4 is 14.6 Å². The molecule has 0 unspecified atom stereocenters. The number of para-hydroxylation sites is 1. The number of aryl methyl sites for hydroxylation is 1. The molecule has 7 rings (SSSR count). The molecule has 0 saturated carbocycles. The standard InChI is InChI=1S/C34H32N3O.2C6H5.Bi.Pt/c1-22-11-10-12-29-31(22)36-21-37-32(29)24-16-26(34(5,6)7)20-28(18-24)38-27-17-23(30-13-8-9-14-35-30)15-25(19-27)33(2,3)4;2*1-2-4-6-5-3-1;;/h9-16,19-21H,1-7H3;2*1-5H;;/q-2;;;;+2. The van der Waals surface area contributed by atoms with Gasteiger partial charge in [0, 0.05) is 0 Å². The molecule has 2 heterocycles. The van der Waals surface area contributed by atoms with Crippen LogP contribution in [0.25, 0.3) is 33.4 Å². The molecule has 0 fully saturated rings. The summed E-state index contributed by atoms with van der Waals surface area (Å²) in [7, 11) is 0. The number of benzene rings is 5. The number of rotatable bonds is 7. The van der Waals surface area contributed by atoms with Crippen molar-refractivity contribution in [3.05, 3.63) is 157 Å². The zero-order valence-electron chi connectivity index (χ0n) is 30.6. The van der Waals surface area contributed by atoms with E-state index in [1.165, 1.54) is 9.81 Å². The SMILES string of the molecule is Cc1cccc2c(-c3[c-]c(Oc4[c-]c(-c5c[c]([Bi]([c]6ccccc6)[c]6ccccc6)ccn5)cc(C(C)(C)C)c4)cc(C(C)(C)C)c3)ncnc12.[Pt+2]. The molecule has 0 spiro atoms. The first-order valence-corrected chi connectivity index (χ1v) is 22.6. The summed E-state index contributed by atoms with van der Waals surface area (Å²) in [5.74, 6) is 1.25. The minimum Gasteiger partial charge on any atom is -0.238 e. The van der Waals surface area contributed by atoms with Gasteiger partial charge in [0.2, 0.25) is 0 Å². The molecule has 0 bridgehead atoms. The predicted octanol–water partition coefficient (Wildman–Crippen LogP) is 9.17. The van der Waals surface area contributed by atoms with E-state index in [-0.39, 0.29) is 31.9 Å². The van der Waals surface area contributed by atoms with Gasteiger partial charge in [-0.15, -0.1) is 0 Å². The fourth-order valence-electron chi connectivity index (χ4n) is 6.20. The van der Waals surface area contributed by atoms with Crippen molar-refractivity contribution in [3.8, 4) is 34.0 Å². The van der Waals surface area contributed by atoms with Gasteiger partial charge in [0.15, 0.2) is 0 Å². The van der Waals surface area contributed by atoms with E-state index in [4.69, 9.17) is 14.7 Å². The summed E-state index contributed by atoms with van der Waals surface area (Å²) in [4.78, 5) is 14.2. The van der Waals surface area contributed by atoms with Gasteiger partial charge in [-0.05, 0) is 12.5 Å². The van der Waals surface area contributed by atoms with Crippen molar-refractivity contribution in [3.63, 3.8) is 0 Å². The Kier molecular flexibility index (Phi) is 11.3. The molecule has 0 atom stereocenters. The zero-order chi connectivity index (χ0) is 35.8. The first kappa shape index (κ1) is 37.7. The number of aromatic nitrogens is 3. The first-order valence-electron chi connectivity index (χ1n) is 17.3. The molecular formula is C46H42BiN3OPt. The van der Waals surface area contributed by atoms with E-state index in [1.54, 1.807) is 6.33 Å². The number of nitrogens with zero attached hydrogens (tertiary/aromatic N) is 3. The van der Waals surface area contributed by atoms with Crippen LogP contribution in [0.15, 0.2) is 128 Å². The first-order chi connectivity index (χ1) is 24.4. The summed E-state index contributed by atoms with van der Waals surface area (Å²) in [6, 6.07) is 48.4. The number of hydrogen-bond donors (Lipinski definition) is 0.